The van der Waals surface area contributed by atoms with Crippen LogP contribution in [0.15, 0.2) is 54.9 Å². The quantitative estimate of drug-likeness (QED) is 0.669. The predicted octanol–water partition coefficient (Wildman–Crippen LogP) is 4.62. The van der Waals surface area contributed by atoms with Crippen molar-refractivity contribution >= 4 is 17.5 Å². The molecule has 0 aliphatic carbocycles. The van der Waals surface area contributed by atoms with E-state index >= 15 is 0 Å². The summed E-state index contributed by atoms with van der Waals surface area (Å²) in [6.07, 6.45) is -0.102. The van der Waals surface area contributed by atoms with Gasteiger partial charge >= 0.3 is 6.18 Å². The average Bonchev–Trinajstić information content (AvgIpc) is 2.66. The lowest BCUT2D eigenvalue weighted by atomic mass is 10.2. The third kappa shape index (κ3) is 5.18. The van der Waals surface area contributed by atoms with Crippen molar-refractivity contribution in [3.8, 4) is 0 Å². The number of nitrogens with zero attached hydrogens (tertiary/aromatic N) is 4. The van der Waals surface area contributed by atoms with Gasteiger partial charge < -0.3 is 10.2 Å². The zero-order valence-electron chi connectivity index (χ0n) is 15.5. The molecular weight excluding hydrogens is 367 g/mol. The number of pyridine rings is 1. The van der Waals surface area contributed by atoms with E-state index in [9.17, 15) is 13.2 Å². The maximum Gasteiger partial charge on any atom is 0.416 e. The molecule has 3 aromatic rings. The lowest BCUT2D eigenvalue weighted by molar-refractivity contribution is -0.137. The Labute approximate surface area is 161 Å². The van der Waals surface area contributed by atoms with E-state index in [2.05, 4.69) is 20.3 Å². The molecule has 5 nitrogen and oxygen atoms in total. The van der Waals surface area contributed by atoms with E-state index in [-0.39, 0.29) is 0 Å². The average molecular weight is 387 g/mol. The fourth-order valence-electron chi connectivity index (χ4n) is 2.66. The van der Waals surface area contributed by atoms with Gasteiger partial charge in [-0.05, 0) is 49.2 Å². The molecule has 8 heteroatoms. The van der Waals surface area contributed by atoms with Crippen LogP contribution in [0.25, 0.3) is 0 Å². The monoisotopic (exact) mass is 387 g/mol. The molecule has 1 N–H and O–H groups in total. The van der Waals surface area contributed by atoms with Crippen molar-refractivity contribution in [1.29, 1.82) is 0 Å². The van der Waals surface area contributed by atoms with Crippen LogP contribution in [0.3, 0.4) is 0 Å². The molecule has 0 aliphatic heterocycles. The number of aryl methyl sites for hydroxylation is 1. The first-order valence-electron chi connectivity index (χ1n) is 8.71. The van der Waals surface area contributed by atoms with Gasteiger partial charge in [-0.1, -0.05) is 6.07 Å². The second kappa shape index (κ2) is 8.24. The van der Waals surface area contributed by atoms with Crippen molar-refractivity contribution < 1.29 is 13.2 Å². The first kappa shape index (κ1) is 19.6. The third-order valence-corrected chi connectivity index (χ3v) is 4.13. The highest BCUT2D eigenvalue weighted by molar-refractivity contribution is 5.58. The minimum Gasteiger partial charge on any atom is -0.343 e. The van der Waals surface area contributed by atoms with Crippen LogP contribution in [0.2, 0.25) is 0 Å². The molecule has 3 rings (SSSR count). The first-order chi connectivity index (χ1) is 13.3. The van der Waals surface area contributed by atoms with Crippen LogP contribution in [-0.2, 0) is 12.6 Å². The van der Waals surface area contributed by atoms with Gasteiger partial charge in [0.25, 0.3) is 0 Å². The highest BCUT2D eigenvalue weighted by Gasteiger charge is 2.30. The summed E-state index contributed by atoms with van der Waals surface area (Å²) in [5.41, 5.74) is 1.48. The Hall–Kier alpha value is -3.16. The van der Waals surface area contributed by atoms with Crippen molar-refractivity contribution in [1.82, 2.24) is 15.0 Å². The lowest BCUT2D eigenvalue weighted by Crippen LogP contribution is -2.23. The molecule has 2 aromatic heterocycles. The van der Waals surface area contributed by atoms with Crippen molar-refractivity contribution in [3.05, 3.63) is 71.7 Å². The molecule has 0 unspecified atom stereocenters. The zero-order chi connectivity index (χ0) is 20.1. The van der Waals surface area contributed by atoms with Gasteiger partial charge in [0.1, 0.15) is 5.82 Å². The second-order valence-electron chi connectivity index (χ2n) is 6.43. The van der Waals surface area contributed by atoms with Gasteiger partial charge in [0, 0.05) is 43.4 Å². The molecule has 146 valence electrons. The molecule has 0 spiro atoms. The zero-order valence-corrected chi connectivity index (χ0v) is 15.5. The van der Waals surface area contributed by atoms with Gasteiger partial charge in [0.05, 0.1) is 5.56 Å². The smallest absolute Gasteiger partial charge is 0.343 e. The van der Waals surface area contributed by atoms with Crippen LogP contribution < -0.4 is 10.2 Å². The SMILES string of the molecule is Cc1cc(Nc2cccc(C(F)(F)F)c2)nc(N(C)CCc2ccncc2)n1. The summed E-state index contributed by atoms with van der Waals surface area (Å²) in [4.78, 5) is 14.8. The number of anilines is 3. The Morgan fingerprint density at radius 1 is 1.04 bits per heavy atom. The van der Waals surface area contributed by atoms with Crippen LogP contribution >= 0.6 is 0 Å². The second-order valence-corrected chi connectivity index (χ2v) is 6.43. The number of alkyl halides is 3. The van der Waals surface area contributed by atoms with E-state index in [0.29, 0.717) is 24.0 Å². The Kier molecular flexibility index (Phi) is 5.77. The van der Waals surface area contributed by atoms with Crippen molar-refractivity contribution in [3.63, 3.8) is 0 Å². The molecule has 28 heavy (non-hydrogen) atoms. The number of rotatable bonds is 6. The normalized spacial score (nSPS) is 11.3. The van der Waals surface area contributed by atoms with Gasteiger partial charge in [-0.3, -0.25) is 4.98 Å². The van der Waals surface area contributed by atoms with E-state index < -0.39 is 11.7 Å². The van der Waals surface area contributed by atoms with E-state index in [4.69, 9.17) is 0 Å². The van der Waals surface area contributed by atoms with Crippen LogP contribution in [0.5, 0.6) is 0 Å². The highest BCUT2D eigenvalue weighted by Crippen LogP contribution is 2.31. The molecule has 0 saturated carbocycles. The first-order valence-corrected chi connectivity index (χ1v) is 8.71. The third-order valence-electron chi connectivity index (χ3n) is 4.13. The van der Waals surface area contributed by atoms with Crippen LogP contribution in [-0.4, -0.2) is 28.5 Å². The molecule has 0 fully saturated rings. The number of likely N-dealkylation sites (N-methyl/N-ethyl adjacent to an activating group) is 1. The molecule has 0 amide bonds. The Bertz CT molecular complexity index is 929. The number of hydrogen-bond acceptors (Lipinski definition) is 5. The predicted molar refractivity (Wildman–Crippen MR) is 103 cm³/mol. The summed E-state index contributed by atoms with van der Waals surface area (Å²) in [6.45, 7) is 2.51. The summed E-state index contributed by atoms with van der Waals surface area (Å²) in [7, 11) is 1.88. The molecule has 0 bridgehead atoms. The Balaban J connectivity index is 1.74. The Morgan fingerprint density at radius 3 is 2.50 bits per heavy atom. The maximum absolute atomic E-state index is 12.9. The van der Waals surface area contributed by atoms with Crippen molar-refractivity contribution in [2.24, 2.45) is 0 Å². The molecule has 0 radical (unpaired) electrons. The topological polar surface area (TPSA) is 53.9 Å². The molecule has 0 atom stereocenters. The van der Waals surface area contributed by atoms with E-state index in [1.165, 1.54) is 6.07 Å². The molecule has 0 saturated heterocycles. The summed E-state index contributed by atoms with van der Waals surface area (Å²) < 4.78 is 38.7. The van der Waals surface area contributed by atoms with Gasteiger partial charge in [0.15, 0.2) is 0 Å². The van der Waals surface area contributed by atoms with Gasteiger partial charge in [-0.25, -0.2) is 4.98 Å². The van der Waals surface area contributed by atoms with Gasteiger partial charge in [0.2, 0.25) is 5.95 Å². The molecule has 1 aromatic carbocycles. The maximum atomic E-state index is 12.9. The summed E-state index contributed by atoms with van der Waals surface area (Å²) >= 11 is 0. The summed E-state index contributed by atoms with van der Waals surface area (Å²) in [6, 6.07) is 10.6. The molecule has 2 heterocycles. The standard InChI is InChI=1S/C20H20F3N5/c1-14-12-18(26-17-5-3-4-16(13-17)20(21,22)23)27-19(25-14)28(2)11-8-15-6-9-24-10-7-15/h3-7,9-10,12-13H,8,11H2,1-2H3,(H,25,26,27). The fraction of sp³-hybridized carbons (Fsp3) is 0.250. The van der Waals surface area contributed by atoms with E-state index in [1.54, 1.807) is 24.5 Å². The lowest BCUT2D eigenvalue weighted by Gasteiger charge is -2.19. The highest BCUT2D eigenvalue weighted by atomic mass is 19.4. The van der Waals surface area contributed by atoms with Crippen LogP contribution in [0.4, 0.5) is 30.6 Å². The van der Waals surface area contributed by atoms with Gasteiger partial charge in [-0.15, -0.1) is 0 Å². The minimum atomic E-state index is -4.39. The van der Waals surface area contributed by atoms with Crippen molar-refractivity contribution in [2.45, 2.75) is 19.5 Å². The summed E-state index contributed by atoms with van der Waals surface area (Å²) in [5, 5.41) is 2.94. The van der Waals surface area contributed by atoms with Crippen LogP contribution in [0.1, 0.15) is 16.8 Å². The number of hydrogen-bond donors (Lipinski definition) is 1. The van der Waals surface area contributed by atoms with Crippen molar-refractivity contribution in [2.75, 3.05) is 23.8 Å². The Morgan fingerprint density at radius 2 is 1.79 bits per heavy atom. The molecular formula is C20H20F3N5. The van der Waals surface area contributed by atoms with E-state index in [0.717, 1.165) is 29.8 Å². The summed E-state index contributed by atoms with van der Waals surface area (Å²) in [5.74, 6) is 0.945. The van der Waals surface area contributed by atoms with Gasteiger partial charge in [-0.2, -0.15) is 18.2 Å². The van der Waals surface area contributed by atoms with Crippen LogP contribution in [0, 0.1) is 6.92 Å². The molecule has 0 aliphatic rings. The minimum absolute atomic E-state index is 0.318. The number of aromatic nitrogens is 3. The number of nitrogens with one attached hydrogen (secondary N) is 1. The number of benzene rings is 1. The largest absolute Gasteiger partial charge is 0.416 e. The van der Waals surface area contributed by atoms with E-state index in [1.807, 2.05) is 31.0 Å². The fourth-order valence-corrected chi connectivity index (χ4v) is 2.66. The number of halogens is 3.